The smallest absolute Gasteiger partial charge is 0.227 e. The highest BCUT2D eigenvalue weighted by Gasteiger charge is 2.27. The molecule has 5 heteroatoms. The molecule has 0 bridgehead atoms. The van der Waals surface area contributed by atoms with Gasteiger partial charge in [-0.25, -0.2) is 0 Å². The van der Waals surface area contributed by atoms with E-state index in [0.29, 0.717) is 5.91 Å². The normalized spacial score (nSPS) is 20.1. The van der Waals surface area contributed by atoms with Crippen LogP contribution in [0.4, 0.5) is 0 Å². The minimum absolute atomic E-state index is 0.0685. The van der Waals surface area contributed by atoms with Crippen LogP contribution in [0.25, 0.3) is 10.9 Å². The summed E-state index contributed by atoms with van der Waals surface area (Å²) in [6.45, 7) is 9.56. The maximum absolute atomic E-state index is 12.9. The van der Waals surface area contributed by atoms with E-state index in [-0.39, 0.29) is 5.92 Å². The second-order valence-corrected chi connectivity index (χ2v) is 7.06. The fourth-order valence-electron chi connectivity index (χ4n) is 4.02. The first-order valence-corrected chi connectivity index (χ1v) is 9.01. The summed E-state index contributed by atoms with van der Waals surface area (Å²) in [7, 11) is 0. The second-order valence-electron chi connectivity index (χ2n) is 7.06. The Morgan fingerprint density at radius 3 is 2.79 bits per heavy atom. The number of fused-ring (bicyclic) bond motifs is 3. The zero-order valence-electron chi connectivity index (χ0n) is 14.4. The largest absolute Gasteiger partial charge is 0.341 e. The Hall–Kier alpha value is -1.85. The minimum Gasteiger partial charge on any atom is -0.341 e. The summed E-state index contributed by atoms with van der Waals surface area (Å²) in [5.74, 6) is 0.365. The quantitative estimate of drug-likeness (QED) is 0.930. The monoisotopic (exact) mass is 326 g/mol. The van der Waals surface area contributed by atoms with E-state index in [1.165, 1.54) is 16.6 Å². The van der Waals surface area contributed by atoms with Gasteiger partial charge in [-0.05, 0) is 17.5 Å². The van der Waals surface area contributed by atoms with Gasteiger partial charge in [-0.2, -0.15) is 0 Å². The lowest BCUT2D eigenvalue weighted by atomic mass is 10.1. The zero-order chi connectivity index (χ0) is 16.5. The van der Waals surface area contributed by atoms with E-state index in [2.05, 4.69) is 52.0 Å². The van der Waals surface area contributed by atoms with Gasteiger partial charge in [0.2, 0.25) is 5.91 Å². The van der Waals surface area contributed by atoms with Crippen LogP contribution in [0.3, 0.4) is 0 Å². The van der Waals surface area contributed by atoms with Gasteiger partial charge in [0, 0.05) is 62.9 Å². The number of benzene rings is 1. The van der Waals surface area contributed by atoms with Gasteiger partial charge in [-0.15, -0.1) is 0 Å². The van der Waals surface area contributed by atoms with Crippen molar-refractivity contribution in [2.75, 3.05) is 39.3 Å². The van der Waals surface area contributed by atoms with Gasteiger partial charge in [0.1, 0.15) is 0 Å². The van der Waals surface area contributed by atoms with E-state index < -0.39 is 0 Å². The number of para-hydroxylation sites is 1. The van der Waals surface area contributed by atoms with Gasteiger partial charge in [0.05, 0.1) is 6.54 Å². The molecule has 0 aliphatic carbocycles. The fourth-order valence-corrected chi connectivity index (χ4v) is 4.02. The summed E-state index contributed by atoms with van der Waals surface area (Å²) < 4.78 is 2.36. The van der Waals surface area contributed by atoms with E-state index >= 15 is 0 Å². The van der Waals surface area contributed by atoms with Crippen molar-refractivity contribution in [1.82, 2.24) is 19.7 Å². The molecular formula is C19H26N4O. The highest BCUT2D eigenvalue weighted by Crippen LogP contribution is 2.24. The van der Waals surface area contributed by atoms with Gasteiger partial charge < -0.3 is 19.7 Å². The number of hydrogen-bond donors (Lipinski definition) is 1. The van der Waals surface area contributed by atoms with Crippen LogP contribution in [0.1, 0.15) is 12.6 Å². The van der Waals surface area contributed by atoms with Crippen LogP contribution in [-0.2, 0) is 17.9 Å². The van der Waals surface area contributed by atoms with Crippen molar-refractivity contribution < 1.29 is 4.79 Å². The van der Waals surface area contributed by atoms with E-state index in [4.69, 9.17) is 0 Å². The number of amides is 1. The predicted octanol–water partition coefficient (Wildman–Crippen LogP) is 1.52. The number of aromatic nitrogens is 1. The van der Waals surface area contributed by atoms with Crippen LogP contribution in [-0.4, -0.2) is 59.5 Å². The zero-order valence-corrected chi connectivity index (χ0v) is 14.4. The van der Waals surface area contributed by atoms with E-state index in [1.54, 1.807) is 0 Å². The van der Waals surface area contributed by atoms with Crippen LogP contribution in [0.2, 0.25) is 0 Å². The van der Waals surface area contributed by atoms with Crippen molar-refractivity contribution in [3.63, 3.8) is 0 Å². The molecule has 0 radical (unpaired) electrons. The number of rotatable bonds is 3. The summed E-state index contributed by atoms with van der Waals surface area (Å²) in [6, 6.07) is 10.7. The lowest BCUT2D eigenvalue weighted by molar-refractivity contribution is -0.137. The van der Waals surface area contributed by atoms with Crippen LogP contribution >= 0.6 is 0 Å². The number of nitrogens with zero attached hydrogens (tertiary/aromatic N) is 3. The lowest BCUT2D eigenvalue weighted by Gasteiger charge is -2.34. The average molecular weight is 326 g/mol. The number of carbonyl (C=O) groups excluding carboxylic acids is 1. The number of carbonyl (C=O) groups is 1. The van der Waals surface area contributed by atoms with Crippen molar-refractivity contribution in [2.45, 2.75) is 20.0 Å². The van der Waals surface area contributed by atoms with Crippen molar-refractivity contribution in [3.05, 3.63) is 36.0 Å². The Balaban J connectivity index is 1.44. The molecule has 1 fully saturated rings. The van der Waals surface area contributed by atoms with Gasteiger partial charge in [-0.3, -0.25) is 4.79 Å². The average Bonchev–Trinajstić information content (AvgIpc) is 2.99. The molecule has 128 valence electrons. The van der Waals surface area contributed by atoms with Gasteiger partial charge >= 0.3 is 0 Å². The topological polar surface area (TPSA) is 40.5 Å². The predicted molar refractivity (Wildman–Crippen MR) is 95.8 cm³/mol. The minimum atomic E-state index is 0.0685. The van der Waals surface area contributed by atoms with E-state index in [1.807, 2.05) is 4.90 Å². The summed E-state index contributed by atoms with van der Waals surface area (Å²) in [6.07, 6.45) is 0. The fraction of sp³-hybridized carbons (Fsp3) is 0.526. The molecule has 0 spiro atoms. The highest BCUT2D eigenvalue weighted by atomic mass is 16.2. The first kappa shape index (κ1) is 15.7. The molecule has 1 aromatic heterocycles. The number of hydrogen-bond acceptors (Lipinski definition) is 3. The van der Waals surface area contributed by atoms with Crippen molar-refractivity contribution in [2.24, 2.45) is 5.92 Å². The first-order valence-electron chi connectivity index (χ1n) is 9.01. The van der Waals surface area contributed by atoms with Crippen LogP contribution in [0.15, 0.2) is 30.3 Å². The highest BCUT2D eigenvalue weighted by molar-refractivity contribution is 5.82. The molecule has 1 amide bonds. The van der Waals surface area contributed by atoms with E-state index in [0.717, 1.165) is 52.4 Å². The first-order chi connectivity index (χ1) is 11.7. The van der Waals surface area contributed by atoms with Crippen LogP contribution in [0.5, 0.6) is 0 Å². The molecular weight excluding hydrogens is 300 g/mol. The molecule has 4 rings (SSSR count). The van der Waals surface area contributed by atoms with Crippen molar-refractivity contribution in [1.29, 1.82) is 0 Å². The van der Waals surface area contributed by atoms with Gasteiger partial charge in [-0.1, -0.05) is 25.1 Å². The van der Waals surface area contributed by atoms with Crippen LogP contribution in [0, 0.1) is 5.92 Å². The Bertz CT molecular complexity index is 732. The SMILES string of the molecule is CC(CN1CCNCC1)C(=O)N1CCn2c(cc3ccccc32)C1. The molecule has 1 aromatic carbocycles. The molecule has 0 saturated carbocycles. The summed E-state index contributed by atoms with van der Waals surface area (Å²) in [4.78, 5) is 17.3. The standard InChI is InChI=1S/C19H26N4O/c1-15(13-21-8-6-20-7-9-21)19(24)22-10-11-23-17(14-22)12-16-4-2-3-5-18(16)23/h2-5,12,15,20H,6-11,13-14H2,1H3. The maximum atomic E-state index is 12.9. The third kappa shape index (κ3) is 2.94. The summed E-state index contributed by atoms with van der Waals surface area (Å²) >= 11 is 0. The molecule has 1 saturated heterocycles. The Labute approximate surface area is 143 Å². The lowest BCUT2D eigenvalue weighted by Crippen LogP contribution is -2.48. The van der Waals surface area contributed by atoms with Crippen molar-refractivity contribution >= 4 is 16.8 Å². The maximum Gasteiger partial charge on any atom is 0.227 e. The molecule has 1 atom stereocenters. The molecule has 2 aliphatic heterocycles. The summed E-state index contributed by atoms with van der Waals surface area (Å²) in [5.41, 5.74) is 2.54. The van der Waals surface area contributed by atoms with Gasteiger partial charge in [0.25, 0.3) is 0 Å². The summed E-state index contributed by atoms with van der Waals surface area (Å²) in [5, 5.41) is 4.64. The number of nitrogens with one attached hydrogen (secondary N) is 1. The van der Waals surface area contributed by atoms with Crippen molar-refractivity contribution in [3.8, 4) is 0 Å². The molecule has 5 nitrogen and oxygen atoms in total. The Morgan fingerprint density at radius 2 is 1.96 bits per heavy atom. The molecule has 24 heavy (non-hydrogen) atoms. The third-order valence-corrected chi connectivity index (χ3v) is 5.32. The second kappa shape index (κ2) is 6.57. The Morgan fingerprint density at radius 1 is 1.17 bits per heavy atom. The third-order valence-electron chi connectivity index (χ3n) is 5.32. The molecule has 1 unspecified atom stereocenters. The molecule has 2 aliphatic rings. The van der Waals surface area contributed by atoms with E-state index in [9.17, 15) is 4.79 Å². The van der Waals surface area contributed by atoms with Gasteiger partial charge in [0.15, 0.2) is 0 Å². The number of piperazine rings is 1. The van der Waals surface area contributed by atoms with Crippen LogP contribution < -0.4 is 5.32 Å². The molecule has 1 N–H and O–H groups in total. The Kier molecular flexibility index (Phi) is 4.29. The molecule has 2 aromatic rings. The molecule has 3 heterocycles.